The van der Waals surface area contributed by atoms with Gasteiger partial charge in [-0.1, -0.05) is 6.92 Å². The van der Waals surface area contributed by atoms with Crippen LogP contribution in [0.1, 0.15) is 31.2 Å². The first kappa shape index (κ1) is 14.3. The molecule has 0 aliphatic carbocycles. The fraction of sp³-hybridized carbons (Fsp3) is 0.357. The molecule has 0 spiro atoms. The zero-order valence-corrected chi connectivity index (χ0v) is 13.4. The summed E-state index contributed by atoms with van der Waals surface area (Å²) < 4.78 is 2.86. The second-order valence-corrected chi connectivity index (χ2v) is 6.34. The molecule has 1 atom stereocenters. The van der Waals surface area contributed by atoms with Crippen molar-refractivity contribution in [3.05, 3.63) is 49.5 Å². The van der Waals surface area contributed by atoms with Gasteiger partial charge in [0.2, 0.25) is 0 Å². The van der Waals surface area contributed by atoms with Crippen LogP contribution in [0.15, 0.2) is 39.0 Å². The standard InChI is InChI=1S/C14H17BrN2OS/c1-3-6-17-8-12(4-5-14(17)18)16-10(2)13-7-11(15)9-19-13/h4-5,7-10,16H,3,6H2,1-2H3. The second kappa shape index (κ2) is 6.39. The van der Waals surface area contributed by atoms with Crippen molar-refractivity contribution >= 4 is 33.0 Å². The van der Waals surface area contributed by atoms with Crippen LogP contribution in [0.5, 0.6) is 0 Å². The molecule has 0 amide bonds. The number of halogens is 1. The van der Waals surface area contributed by atoms with E-state index in [1.54, 1.807) is 22.0 Å². The first-order chi connectivity index (χ1) is 9.10. The molecule has 3 nitrogen and oxygen atoms in total. The summed E-state index contributed by atoms with van der Waals surface area (Å²) in [6, 6.07) is 5.80. The molecule has 0 fully saturated rings. The van der Waals surface area contributed by atoms with E-state index >= 15 is 0 Å². The number of aromatic nitrogens is 1. The minimum atomic E-state index is 0.0546. The smallest absolute Gasteiger partial charge is 0.250 e. The molecule has 2 aromatic rings. The predicted octanol–water partition coefficient (Wildman–Crippen LogP) is 4.26. The molecule has 19 heavy (non-hydrogen) atoms. The Bertz CT molecular complexity index is 605. The van der Waals surface area contributed by atoms with Crippen LogP contribution < -0.4 is 10.9 Å². The molecule has 0 bridgehead atoms. The van der Waals surface area contributed by atoms with Crippen molar-refractivity contribution in [3.63, 3.8) is 0 Å². The predicted molar refractivity (Wildman–Crippen MR) is 85.0 cm³/mol. The van der Waals surface area contributed by atoms with Crippen LogP contribution in [-0.4, -0.2) is 4.57 Å². The molecule has 5 heteroatoms. The maximum absolute atomic E-state index is 11.7. The lowest BCUT2D eigenvalue weighted by molar-refractivity contribution is 0.654. The van der Waals surface area contributed by atoms with Crippen LogP contribution in [0.4, 0.5) is 5.69 Å². The second-order valence-electron chi connectivity index (χ2n) is 4.48. The Morgan fingerprint density at radius 1 is 1.47 bits per heavy atom. The number of anilines is 1. The summed E-state index contributed by atoms with van der Waals surface area (Å²) in [7, 11) is 0. The topological polar surface area (TPSA) is 34.0 Å². The van der Waals surface area contributed by atoms with E-state index in [9.17, 15) is 4.79 Å². The SMILES string of the molecule is CCCn1cc(NC(C)c2cc(Br)cs2)ccc1=O. The summed E-state index contributed by atoms with van der Waals surface area (Å²) in [5, 5.41) is 5.50. The van der Waals surface area contributed by atoms with Gasteiger partial charge in [-0.2, -0.15) is 0 Å². The number of hydrogen-bond acceptors (Lipinski definition) is 3. The third-order valence-corrected chi connectivity index (χ3v) is 4.72. The first-order valence-electron chi connectivity index (χ1n) is 6.31. The molecule has 0 saturated heterocycles. The molecular formula is C14H17BrN2OS. The van der Waals surface area contributed by atoms with Gasteiger partial charge in [0.15, 0.2) is 0 Å². The Hall–Kier alpha value is -1.07. The minimum Gasteiger partial charge on any atom is -0.377 e. The number of aryl methyl sites for hydroxylation is 1. The largest absolute Gasteiger partial charge is 0.377 e. The zero-order valence-electron chi connectivity index (χ0n) is 11.0. The van der Waals surface area contributed by atoms with Crippen molar-refractivity contribution in [1.29, 1.82) is 0 Å². The highest BCUT2D eigenvalue weighted by molar-refractivity contribution is 9.10. The fourth-order valence-corrected chi connectivity index (χ4v) is 3.36. The lowest BCUT2D eigenvalue weighted by Gasteiger charge is -2.15. The molecule has 0 saturated carbocycles. The molecule has 0 radical (unpaired) electrons. The molecule has 0 aliphatic rings. The van der Waals surface area contributed by atoms with Gasteiger partial charge < -0.3 is 9.88 Å². The molecule has 0 aliphatic heterocycles. The summed E-state index contributed by atoms with van der Waals surface area (Å²) >= 11 is 5.18. The average Bonchev–Trinajstić information content (AvgIpc) is 2.80. The highest BCUT2D eigenvalue weighted by Gasteiger charge is 2.08. The number of nitrogens with one attached hydrogen (secondary N) is 1. The van der Waals surface area contributed by atoms with Gasteiger partial charge in [0.1, 0.15) is 0 Å². The molecule has 1 unspecified atom stereocenters. The Balaban J connectivity index is 2.14. The number of hydrogen-bond donors (Lipinski definition) is 1. The number of thiophene rings is 1. The molecule has 2 rings (SSSR count). The van der Waals surface area contributed by atoms with Crippen LogP contribution in [0.25, 0.3) is 0 Å². The van der Waals surface area contributed by atoms with E-state index in [1.165, 1.54) is 4.88 Å². The molecule has 102 valence electrons. The maximum Gasteiger partial charge on any atom is 0.250 e. The lowest BCUT2D eigenvalue weighted by Crippen LogP contribution is -2.19. The first-order valence-corrected chi connectivity index (χ1v) is 7.98. The van der Waals surface area contributed by atoms with Crippen LogP contribution in [0, 0.1) is 0 Å². The van der Waals surface area contributed by atoms with Crippen molar-refractivity contribution in [3.8, 4) is 0 Å². The van der Waals surface area contributed by atoms with E-state index in [0.717, 1.165) is 23.1 Å². The summed E-state index contributed by atoms with van der Waals surface area (Å²) in [5.41, 5.74) is 1.03. The van der Waals surface area contributed by atoms with Gasteiger partial charge in [-0.05, 0) is 41.4 Å². The van der Waals surface area contributed by atoms with Gasteiger partial charge in [-0.25, -0.2) is 0 Å². The zero-order chi connectivity index (χ0) is 13.8. The van der Waals surface area contributed by atoms with Gasteiger partial charge in [0.05, 0.1) is 11.7 Å². The van der Waals surface area contributed by atoms with Crippen LogP contribution in [0.3, 0.4) is 0 Å². The molecule has 2 heterocycles. The van der Waals surface area contributed by atoms with Crippen molar-refractivity contribution in [2.24, 2.45) is 0 Å². The highest BCUT2D eigenvalue weighted by Crippen LogP contribution is 2.27. The van der Waals surface area contributed by atoms with E-state index in [1.807, 2.05) is 12.3 Å². The number of pyridine rings is 1. The third-order valence-electron chi connectivity index (χ3n) is 2.85. The van der Waals surface area contributed by atoms with Gasteiger partial charge in [0, 0.05) is 33.5 Å². The highest BCUT2D eigenvalue weighted by atomic mass is 79.9. The van der Waals surface area contributed by atoms with Gasteiger partial charge in [-0.15, -0.1) is 11.3 Å². The van der Waals surface area contributed by atoms with Crippen LogP contribution in [0.2, 0.25) is 0 Å². The van der Waals surface area contributed by atoms with Crippen LogP contribution >= 0.6 is 27.3 Å². The van der Waals surface area contributed by atoms with E-state index in [4.69, 9.17) is 0 Å². The quantitative estimate of drug-likeness (QED) is 0.882. The van der Waals surface area contributed by atoms with E-state index < -0.39 is 0 Å². The molecule has 2 aromatic heterocycles. The summed E-state index contributed by atoms with van der Waals surface area (Å²) in [6.07, 6.45) is 2.85. The Kier molecular flexibility index (Phi) is 4.82. The minimum absolute atomic E-state index is 0.0546. The molecule has 1 N–H and O–H groups in total. The summed E-state index contributed by atoms with van der Waals surface area (Å²) in [5.74, 6) is 0. The number of nitrogens with zero attached hydrogens (tertiary/aromatic N) is 1. The number of rotatable bonds is 5. The molecular weight excluding hydrogens is 324 g/mol. The van der Waals surface area contributed by atoms with Gasteiger partial charge in [0.25, 0.3) is 5.56 Å². The molecule has 0 aromatic carbocycles. The monoisotopic (exact) mass is 340 g/mol. The lowest BCUT2D eigenvalue weighted by atomic mass is 10.2. The van der Waals surface area contributed by atoms with Crippen molar-refractivity contribution in [2.75, 3.05) is 5.32 Å². The van der Waals surface area contributed by atoms with E-state index in [0.29, 0.717) is 0 Å². The third kappa shape index (κ3) is 3.70. The normalized spacial score (nSPS) is 12.4. The maximum atomic E-state index is 11.7. The van der Waals surface area contributed by atoms with Gasteiger partial charge in [-0.3, -0.25) is 4.79 Å². The summed E-state index contributed by atoms with van der Waals surface area (Å²) in [6.45, 7) is 4.94. The Labute approximate surface area is 125 Å². The fourth-order valence-electron chi connectivity index (χ4n) is 1.91. The van der Waals surface area contributed by atoms with Gasteiger partial charge >= 0.3 is 0 Å². The van der Waals surface area contributed by atoms with Crippen LogP contribution in [-0.2, 0) is 6.54 Å². The van der Waals surface area contributed by atoms with Crippen molar-refractivity contribution in [1.82, 2.24) is 4.57 Å². The summed E-state index contributed by atoms with van der Waals surface area (Å²) in [4.78, 5) is 12.9. The average molecular weight is 341 g/mol. The Morgan fingerprint density at radius 3 is 2.89 bits per heavy atom. The van der Waals surface area contributed by atoms with E-state index in [-0.39, 0.29) is 11.6 Å². The van der Waals surface area contributed by atoms with Crippen molar-refractivity contribution in [2.45, 2.75) is 32.9 Å². The van der Waals surface area contributed by atoms with E-state index in [2.05, 4.69) is 46.5 Å². The Morgan fingerprint density at radius 2 is 2.26 bits per heavy atom. The van der Waals surface area contributed by atoms with Crippen molar-refractivity contribution < 1.29 is 0 Å².